The summed E-state index contributed by atoms with van der Waals surface area (Å²) in [6.07, 6.45) is 0. The minimum absolute atomic E-state index is 0.985. The highest BCUT2D eigenvalue weighted by atomic mass is 14.9. The Morgan fingerprint density at radius 2 is 1.71 bits per heavy atom. The molecule has 0 aliphatic rings. The number of imidazole rings is 1. The molecule has 1 aromatic carbocycles. The highest BCUT2D eigenvalue weighted by molar-refractivity contribution is 5.79. The summed E-state index contributed by atoms with van der Waals surface area (Å²) < 4.78 is 0. The first-order valence-electron chi connectivity index (χ1n) is 5.11. The first kappa shape index (κ1) is 10.8. The molecule has 0 saturated carbocycles. The molecule has 0 aliphatic carbocycles. The molecule has 0 saturated heterocycles. The predicted octanol–water partition coefficient (Wildman–Crippen LogP) is 3.51. The number of aromatic amines is 1. The monoisotopic (exact) mass is 190 g/mol. The first-order valence-corrected chi connectivity index (χ1v) is 5.11. The Morgan fingerprint density at radius 1 is 1.07 bits per heavy atom. The van der Waals surface area contributed by atoms with E-state index in [4.69, 9.17) is 0 Å². The van der Waals surface area contributed by atoms with E-state index in [0.29, 0.717) is 0 Å². The van der Waals surface area contributed by atoms with E-state index < -0.39 is 0 Å². The van der Waals surface area contributed by atoms with Gasteiger partial charge < -0.3 is 4.98 Å². The second kappa shape index (κ2) is 4.27. The quantitative estimate of drug-likeness (QED) is 0.676. The van der Waals surface area contributed by atoms with E-state index in [2.05, 4.69) is 35.9 Å². The molecular formula is C12H18N2. The third kappa shape index (κ3) is 1.79. The molecule has 2 aromatic rings. The van der Waals surface area contributed by atoms with Crippen molar-refractivity contribution in [2.75, 3.05) is 0 Å². The van der Waals surface area contributed by atoms with Crippen molar-refractivity contribution in [1.29, 1.82) is 0 Å². The minimum atomic E-state index is 0.985. The second-order valence-corrected chi connectivity index (χ2v) is 3.23. The van der Waals surface area contributed by atoms with Gasteiger partial charge in [-0.15, -0.1) is 0 Å². The van der Waals surface area contributed by atoms with E-state index in [9.17, 15) is 0 Å². The maximum Gasteiger partial charge on any atom is 0.104 e. The van der Waals surface area contributed by atoms with Crippen LogP contribution in [-0.4, -0.2) is 9.97 Å². The molecular weight excluding hydrogens is 172 g/mol. The van der Waals surface area contributed by atoms with Gasteiger partial charge in [0.1, 0.15) is 5.82 Å². The number of aryl methyl sites for hydroxylation is 3. The van der Waals surface area contributed by atoms with Gasteiger partial charge in [-0.1, -0.05) is 19.9 Å². The Kier molecular flexibility index (Phi) is 3.28. The van der Waals surface area contributed by atoms with Crippen LogP contribution in [-0.2, 0) is 0 Å². The Hall–Kier alpha value is -1.31. The number of nitrogens with zero attached hydrogens (tertiary/aromatic N) is 1. The Morgan fingerprint density at radius 3 is 2.36 bits per heavy atom. The van der Waals surface area contributed by atoms with Crippen LogP contribution in [0.1, 0.15) is 30.8 Å². The summed E-state index contributed by atoms with van der Waals surface area (Å²) in [5, 5.41) is 0. The van der Waals surface area contributed by atoms with Gasteiger partial charge in [-0.2, -0.15) is 0 Å². The number of benzene rings is 1. The molecule has 2 rings (SSSR count). The summed E-state index contributed by atoms with van der Waals surface area (Å²) in [6.45, 7) is 10.2. The summed E-state index contributed by atoms with van der Waals surface area (Å²) in [5.41, 5.74) is 4.81. The van der Waals surface area contributed by atoms with Crippen LogP contribution in [0.25, 0.3) is 11.0 Å². The average Bonchev–Trinajstić information content (AvgIpc) is 2.57. The minimum Gasteiger partial charge on any atom is -0.342 e. The molecule has 0 radical (unpaired) electrons. The Balaban J connectivity index is 0.000000461. The van der Waals surface area contributed by atoms with Crippen LogP contribution in [0.15, 0.2) is 12.1 Å². The van der Waals surface area contributed by atoms with Crippen molar-refractivity contribution in [3.05, 3.63) is 29.1 Å². The fourth-order valence-corrected chi connectivity index (χ4v) is 1.44. The molecule has 0 aliphatic heterocycles. The lowest BCUT2D eigenvalue weighted by atomic mass is 10.1. The van der Waals surface area contributed by atoms with Crippen LogP contribution >= 0.6 is 0 Å². The summed E-state index contributed by atoms with van der Waals surface area (Å²) >= 11 is 0. The van der Waals surface area contributed by atoms with Crippen molar-refractivity contribution in [1.82, 2.24) is 9.97 Å². The molecule has 0 bridgehead atoms. The van der Waals surface area contributed by atoms with Gasteiger partial charge in [0.25, 0.3) is 0 Å². The summed E-state index contributed by atoms with van der Waals surface area (Å²) in [5.74, 6) is 0.985. The van der Waals surface area contributed by atoms with Crippen LogP contribution in [0, 0.1) is 20.8 Å². The standard InChI is InChI=1S/C10H12N2.C2H6/c1-6-4-5-9-10(7(6)2)12-8(3)11-9;1-2/h4-5H,1-3H3,(H,11,12);1-2H3. The predicted molar refractivity (Wildman–Crippen MR) is 61.7 cm³/mol. The van der Waals surface area contributed by atoms with Crippen LogP contribution in [0.3, 0.4) is 0 Å². The van der Waals surface area contributed by atoms with E-state index in [1.807, 2.05) is 20.8 Å². The van der Waals surface area contributed by atoms with E-state index in [-0.39, 0.29) is 0 Å². The number of hydrogen-bond donors (Lipinski definition) is 1. The number of rotatable bonds is 0. The van der Waals surface area contributed by atoms with Crippen LogP contribution in [0.5, 0.6) is 0 Å². The van der Waals surface area contributed by atoms with Crippen molar-refractivity contribution in [3.63, 3.8) is 0 Å². The van der Waals surface area contributed by atoms with Crippen LogP contribution in [0.4, 0.5) is 0 Å². The second-order valence-electron chi connectivity index (χ2n) is 3.23. The Bertz CT molecular complexity index is 427. The van der Waals surface area contributed by atoms with Gasteiger partial charge in [0.15, 0.2) is 0 Å². The molecule has 0 unspecified atom stereocenters. The summed E-state index contributed by atoms with van der Waals surface area (Å²) in [6, 6.07) is 4.20. The maximum absolute atomic E-state index is 4.42. The van der Waals surface area contributed by atoms with Crippen molar-refractivity contribution >= 4 is 11.0 Å². The topological polar surface area (TPSA) is 28.7 Å². The van der Waals surface area contributed by atoms with Gasteiger partial charge in [0.2, 0.25) is 0 Å². The first-order chi connectivity index (χ1) is 6.68. The normalized spacial score (nSPS) is 9.79. The van der Waals surface area contributed by atoms with Gasteiger partial charge in [0, 0.05) is 0 Å². The molecule has 76 valence electrons. The molecule has 1 aromatic heterocycles. The molecule has 0 spiro atoms. The van der Waals surface area contributed by atoms with E-state index >= 15 is 0 Å². The van der Waals surface area contributed by atoms with Gasteiger partial charge in [-0.25, -0.2) is 4.98 Å². The van der Waals surface area contributed by atoms with Gasteiger partial charge in [-0.05, 0) is 38.0 Å². The average molecular weight is 190 g/mol. The third-order valence-corrected chi connectivity index (χ3v) is 2.30. The summed E-state index contributed by atoms with van der Waals surface area (Å²) in [7, 11) is 0. The largest absolute Gasteiger partial charge is 0.342 e. The van der Waals surface area contributed by atoms with E-state index in [1.165, 1.54) is 11.1 Å². The van der Waals surface area contributed by atoms with Crippen molar-refractivity contribution in [2.45, 2.75) is 34.6 Å². The highest BCUT2D eigenvalue weighted by Crippen LogP contribution is 2.18. The van der Waals surface area contributed by atoms with Gasteiger partial charge >= 0.3 is 0 Å². The van der Waals surface area contributed by atoms with Crippen molar-refractivity contribution in [3.8, 4) is 0 Å². The highest BCUT2D eigenvalue weighted by Gasteiger charge is 2.03. The summed E-state index contributed by atoms with van der Waals surface area (Å²) in [4.78, 5) is 7.63. The molecule has 2 heteroatoms. The number of hydrogen-bond acceptors (Lipinski definition) is 1. The molecule has 1 N–H and O–H groups in total. The lowest BCUT2D eigenvalue weighted by molar-refractivity contribution is 1.17. The lowest BCUT2D eigenvalue weighted by Gasteiger charge is -1.98. The fraction of sp³-hybridized carbons (Fsp3) is 0.417. The molecule has 0 atom stereocenters. The van der Waals surface area contributed by atoms with Crippen molar-refractivity contribution < 1.29 is 0 Å². The number of fused-ring (bicyclic) bond motifs is 1. The zero-order valence-corrected chi connectivity index (χ0v) is 9.60. The van der Waals surface area contributed by atoms with Gasteiger partial charge in [0.05, 0.1) is 11.0 Å². The van der Waals surface area contributed by atoms with E-state index in [1.54, 1.807) is 0 Å². The third-order valence-electron chi connectivity index (χ3n) is 2.30. The van der Waals surface area contributed by atoms with Crippen LogP contribution in [0.2, 0.25) is 0 Å². The smallest absolute Gasteiger partial charge is 0.104 e. The Labute approximate surface area is 85.4 Å². The SMILES string of the molecule is CC.Cc1nc2c(C)c(C)ccc2[nH]1. The van der Waals surface area contributed by atoms with Gasteiger partial charge in [-0.3, -0.25) is 0 Å². The molecule has 0 fully saturated rings. The molecule has 1 heterocycles. The zero-order valence-electron chi connectivity index (χ0n) is 9.60. The van der Waals surface area contributed by atoms with Crippen molar-refractivity contribution in [2.24, 2.45) is 0 Å². The number of H-pyrrole nitrogens is 1. The molecule has 0 amide bonds. The molecule has 2 nitrogen and oxygen atoms in total. The number of nitrogens with one attached hydrogen (secondary N) is 1. The molecule has 14 heavy (non-hydrogen) atoms. The fourth-order valence-electron chi connectivity index (χ4n) is 1.44. The maximum atomic E-state index is 4.42. The zero-order chi connectivity index (χ0) is 10.7. The van der Waals surface area contributed by atoms with E-state index in [0.717, 1.165) is 16.9 Å². The van der Waals surface area contributed by atoms with Crippen LogP contribution < -0.4 is 0 Å². The number of aromatic nitrogens is 2. The lowest BCUT2D eigenvalue weighted by Crippen LogP contribution is -1.81.